The predicted octanol–water partition coefficient (Wildman–Crippen LogP) is 3.84. The summed E-state index contributed by atoms with van der Waals surface area (Å²) in [5.41, 5.74) is 0.717. The van der Waals surface area contributed by atoms with Gasteiger partial charge in [0.2, 0.25) is 0 Å². The number of ether oxygens (including phenoxy) is 1. The topological polar surface area (TPSA) is 67.4 Å². The Morgan fingerprint density at radius 3 is 2.44 bits per heavy atom. The number of halogens is 3. The number of benzene rings is 2. The fraction of sp³-hybridized carbons (Fsp3) is 0.0556. The molecule has 1 aliphatic rings. The molecule has 0 spiro atoms. The van der Waals surface area contributed by atoms with E-state index in [9.17, 15) is 14.0 Å². The number of rotatable bonds is 4. The summed E-state index contributed by atoms with van der Waals surface area (Å²) in [4.78, 5) is 24.2. The van der Waals surface area contributed by atoms with Gasteiger partial charge in [0.05, 0.1) is 4.47 Å². The van der Waals surface area contributed by atoms with Crippen LogP contribution in [-0.2, 0) is 16.2 Å². The second-order valence-electron chi connectivity index (χ2n) is 5.48. The zero-order valence-corrected chi connectivity index (χ0v) is 17.5. The zero-order chi connectivity index (χ0) is 19.6. The molecule has 1 saturated heterocycles. The number of nitrogens with one attached hydrogen (secondary N) is 2. The molecule has 2 aromatic carbocycles. The molecule has 0 aliphatic carbocycles. The van der Waals surface area contributed by atoms with Crippen molar-refractivity contribution in [1.82, 2.24) is 10.6 Å². The Labute approximate surface area is 176 Å². The van der Waals surface area contributed by atoms with E-state index in [1.54, 1.807) is 30.3 Å². The van der Waals surface area contributed by atoms with E-state index in [4.69, 9.17) is 17.0 Å². The highest BCUT2D eigenvalue weighted by Crippen LogP contribution is 2.35. The Morgan fingerprint density at radius 2 is 1.78 bits per heavy atom. The number of carbonyl (C=O) groups is 2. The molecular formula is C18H11Br2FN2O3S. The van der Waals surface area contributed by atoms with E-state index < -0.39 is 11.8 Å². The van der Waals surface area contributed by atoms with Gasteiger partial charge >= 0.3 is 0 Å². The predicted molar refractivity (Wildman–Crippen MR) is 109 cm³/mol. The van der Waals surface area contributed by atoms with E-state index >= 15 is 0 Å². The van der Waals surface area contributed by atoms with Crippen LogP contribution in [0.5, 0.6) is 5.75 Å². The summed E-state index contributed by atoms with van der Waals surface area (Å²) >= 11 is 11.5. The summed E-state index contributed by atoms with van der Waals surface area (Å²) in [5.74, 6) is -1.24. The quantitative estimate of drug-likeness (QED) is 0.370. The second-order valence-corrected chi connectivity index (χ2v) is 7.66. The number of hydrogen-bond acceptors (Lipinski definition) is 4. The Hall–Kier alpha value is -2.10. The van der Waals surface area contributed by atoms with Crippen LogP contribution in [-0.4, -0.2) is 16.9 Å². The monoisotopic (exact) mass is 512 g/mol. The molecule has 2 aromatic rings. The molecular weight excluding hydrogens is 503 g/mol. The summed E-state index contributed by atoms with van der Waals surface area (Å²) in [7, 11) is 0. The SMILES string of the molecule is O=C1NC(=S)NC(=O)C1=Cc1cc(Br)cc(Br)c1OCc1ccccc1F. The van der Waals surface area contributed by atoms with Crippen molar-refractivity contribution >= 4 is 67.1 Å². The third kappa shape index (κ3) is 4.60. The average molecular weight is 514 g/mol. The number of hydrogen-bond donors (Lipinski definition) is 2. The minimum absolute atomic E-state index is 0.0223. The van der Waals surface area contributed by atoms with Crippen LogP contribution in [0.2, 0.25) is 0 Å². The van der Waals surface area contributed by atoms with Gasteiger partial charge in [0.25, 0.3) is 11.8 Å². The maximum absolute atomic E-state index is 13.8. The van der Waals surface area contributed by atoms with Crippen molar-refractivity contribution in [3.63, 3.8) is 0 Å². The molecule has 0 unspecified atom stereocenters. The largest absolute Gasteiger partial charge is 0.487 e. The van der Waals surface area contributed by atoms with Crippen LogP contribution in [0.25, 0.3) is 6.08 Å². The summed E-state index contributed by atoms with van der Waals surface area (Å²) in [6, 6.07) is 9.69. The summed E-state index contributed by atoms with van der Waals surface area (Å²) in [6.07, 6.45) is 1.39. The molecule has 0 atom stereocenters. The molecule has 138 valence electrons. The van der Waals surface area contributed by atoms with Gasteiger partial charge in [0.15, 0.2) is 5.11 Å². The Bertz CT molecular complexity index is 973. The van der Waals surface area contributed by atoms with Crippen LogP contribution < -0.4 is 15.4 Å². The zero-order valence-electron chi connectivity index (χ0n) is 13.5. The van der Waals surface area contributed by atoms with Crippen molar-refractivity contribution in [2.45, 2.75) is 6.61 Å². The maximum Gasteiger partial charge on any atom is 0.263 e. The second kappa shape index (κ2) is 8.28. The van der Waals surface area contributed by atoms with E-state index in [1.807, 2.05) is 0 Å². The van der Waals surface area contributed by atoms with E-state index in [0.717, 1.165) is 0 Å². The van der Waals surface area contributed by atoms with Crippen molar-refractivity contribution in [2.75, 3.05) is 0 Å². The van der Waals surface area contributed by atoms with Crippen LogP contribution in [0.3, 0.4) is 0 Å². The molecule has 0 saturated carbocycles. The van der Waals surface area contributed by atoms with Gasteiger partial charge in [-0.25, -0.2) is 4.39 Å². The maximum atomic E-state index is 13.8. The number of thiocarbonyl (C=S) groups is 1. The minimum atomic E-state index is -0.611. The lowest BCUT2D eigenvalue weighted by Crippen LogP contribution is -2.51. The summed E-state index contributed by atoms with van der Waals surface area (Å²) in [5, 5.41) is 4.70. The first-order valence-electron chi connectivity index (χ1n) is 7.59. The van der Waals surface area contributed by atoms with Gasteiger partial charge in [-0.05, 0) is 52.4 Å². The fourth-order valence-corrected chi connectivity index (χ4v) is 3.93. The third-order valence-corrected chi connectivity index (χ3v) is 4.86. The molecule has 0 radical (unpaired) electrons. The van der Waals surface area contributed by atoms with Crippen LogP contribution in [0, 0.1) is 5.82 Å². The smallest absolute Gasteiger partial charge is 0.263 e. The molecule has 2 N–H and O–H groups in total. The minimum Gasteiger partial charge on any atom is -0.487 e. The first kappa shape index (κ1) is 19.7. The van der Waals surface area contributed by atoms with Crippen LogP contribution >= 0.6 is 44.1 Å². The van der Waals surface area contributed by atoms with E-state index in [0.29, 0.717) is 25.8 Å². The first-order valence-corrected chi connectivity index (χ1v) is 9.58. The van der Waals surface area contributed by atoms with Crippen molar-refractivity contribution in [3.05, 3.63) is 67.9 Å². The fourth-order valence-electron chi connectivity index (χ4n) is 2.37. The van der Waals surface area contributed by atoms with Crippen molar-refractivity contribution in [3.8, 4) is 5.75 Å². The van der Waals surface area contributed by atoms with Crippen molar-refractivity contribution < 1.29 is 18.7 Å². The summed E-state index contributed by atoms with van der Waals surface area (Å²) < 4.78 is 20.9. The van der Waals surface area contributed by atoms with E-state index in [-0.39, 0.29) is 23.1 Å². The van der Waals surface area contributed by atoms with Gasteiger partial charge in [0, 0.05) is 15.6 Å². The van der Waals surface area contributed by atoms with Crippen LogP contribution in [0.4, 0.5) is 4.39 Å². The Kier molecular flexibility index (Phi) is 6.03. The Balaban J connectivity index is 1.97. The standard InChI is InChI=1S/C18H11Br2FN2O3S/c19-11-5-10(6-12-16(24)22-18(27)23-17(12)25)15(13(20)7-11)26-8-9-3-1-2-4-14(9)21/h1-7H,8H2,(H2,22,23,24,25,27). The highest BCUT2D eigenvalue weighted by Gasteiger charge is 2.26. The number of carbonyl (C=O) groups excluding carboxylic acids is 2. The molecule has 2 amide bonds. The summed E-state index contributed by atoms with van der Waals surface area (Å²) in [6.45, 7) is -0.0223. The average Bonchev–Trinajstić information content (AvgIpc) is 2.58. The molecule has 0 bridgehead atoms. The van der Waals surface area contributed by atoms with Gasteiger partial charge in [-0.3, -0.25) is 20.2 Å². The van der Waals surface area contributed by atoms with E-state index in [2.05, 4.69) is 42.5 Å². The molecule has 5 nitrogen and oxygen atoms in total. The molecule has 1 fully saturated rings. The lowest BCUT2D eigenvalue weighted by atomic mass is 10.1. The van der Waals surface area contributed by atoms with E-state index in [1.165, 1.54) is 12.1 Å². The Morgan fingerprint density at radius 1 is 1.11 bits per heavy atom. The van der Waals surface area contributed by atoms with Crippen LogP contribution in [0.15, 0.2) is 50.9 Å². The molecule has 0 aromatic heterocycles. The van der Waals surface area contributed by atoms with Gasteiger partial charge in [-0.2, -0.15) is 0 Å². The van der Waals surface area contributed by atoms with Crippen LogP contribution in [0.1, 0.15) is 11.1 Å². The van der Waals surface area contributed by atoms with Gasteiger partial charge in [-0.1, -0.05) is 34.1 Å². The number of amides is 2. The van der Waals surface area contributed by atoms with Crippen molar-refractivity contribution in [2.24, 2.45) is 0 Å². The van der Waals surface area contributed by atoms with Gasteiger partial charge < -0.3 is 4.74 Å². The highest BCUT2D eigenvalue weighted by atomic mass is 79.9. The third-order valence-electron chi connectivity index (χ3n) is 3.61. The van der Waals surface area contributed by atoms with Gasteiger partial charge in [0.1, 0.15) is 23.7 Å². The lowest BCUT2D eigenvalue weighted by molar-refractivity contribution is -0.123. The molecule has 3 rings (SSSR count). The molecule has 1 heterocycles. The normalized spacial score (nSPS) is 13.9. The van der Waals surface area contributed by atoms with Gasteiger partial charge in [-0.15, -0.1) is 0 Å². The molecule has 1 aliphatic heterocycles. The highest BCUT2D eigenvalue weighted by molar-refractivity contribution is 9.11. The molecule has 9 heteroatoms. The first-order chi connectivity index (χ1) is 12.8. The molecule has 27 heavy (non-hydrogen) atoms. The lowest BCUT2D eigenvalue weighted by Gasteiger charge is -2.17. The van der Waals surface area contributed by atoms with Crippen molar-refractivity contribution in [1.29, 1.82) is 0 Å².